The van der Waals surface area contributed by atoms with Gasteiger partial charge in [-0.15, -0.1) is 18.8 Å². The van der Waals surface area contributed by atoms with Crippen molar-refractivity contribution in [3.05, 3.63) is 115 Å². The van der Waals surface area contributed by atoms with E-state index in [0.29, 0.717) is 16.0 Å². The summed E-state index contributed by atoms with van der Waals surface area (Å²) in [7, 11) is -0.771. The van der Waals surface area contributed by atoms with E-state index in [0.717, 1.165) is 0 Å². The molecule has 1 unspecified atom stereocenters. The van der Waals surface area contributed by atoms with Crippen molar-refractivity contribution >= 4 is 31.8 Å². The van der Waals surface area contributed by atoms with Crippen molar-refractivity contribution in [3.63, 3.8) is 0 Å². The van der Waals surface area contributed by atoms with Crippen LogP contribution < -0.4 is 15.9 Å². The molecule has 0 aliphatic rings. The van der Waals surface area contributed by atoms with E-state index in [-0.39, 0.29) is 25.0 Å². The molecule has 35 heavy (non-hydrogen) atoms. The molecule has 0 aliphatic carbocycles. The third kappa shape index (κ3) is 8.00. The molecule has 0 aliphatic heterocycles. The maximum atomic E-state index is 2.48. The third-order valence-electron chi connectivity index (χ3n) is 5.93. The maximum Gasteiger partial charge on any atom is 2.00 e. The SMILES string of the molecule is CC([c-]1cccc1P(c1ccccc1)c1ccccc1)P(C(C)(C)C)C(C)(C)C.[Fe+2].c1cc[cH-]c1. The summed E-state index contributed by atoms with van der Waals surface area (Å²) >= 11 is 0. The second-order valence-corrected chi connectivity index (χ2v) is 17.1. The fourth-order valence-electron chi connectivity index (χ4n) is 5.19. The van der Waals surface area contributed by atoms with Gasteiger partial charge in [0.25, 0.3) is 0 Å². The van der Waals surface area contributed by atoms with Crippen molar-refractivity contribution < 1.29 is 17.1 Å². The predicted molar refractivity (Wildman–Crippen MR) is 158 cm³/mol. The van der Waals surface area contributed by atoms with E-state index in [1.807, 2.05) is 30.3 Å². The summed E-state index contributed by atoms with van der Waals surface area (Å²) in [5, 5.41) is 5.02. The topological polar surface area (TPSA) is 0 Å². The molecule has 3 heteroatoms. The monoisotopic (exact) mass is 542 g/mol. The van der Waals surface area contributed by atoms with Crippen LogP contribution in [-0.4, -0.2) is 10.3 Å². The zero-order valence-electron chi connectivity index (χ0n) is 22.2. The van der Waals surface area contributed by atoms with Gasteiger partial charge in [0.15, 0.2) is 0 Å². The van der Waals surface area contributed by atoms with Crippen molar-refractivity contribution in [2.75, 3.05) is 0 Å². The van der Waals surface area contributed by atoms with Gasteiger partial charge in [0, 0.05) is 0 Å². The molecule has 0 saturated heterocycles. The minimum atomic E-state index is -0.548. The van der Waals surface area contributed by atoms with Crippen LogP contribution in [0.4, 0.5) is 0 Å². The smallest absolute Gasteiger partial charge is 0.214 e. The summed E-state index contributed by atoms with van der Waals surface area (Å²) in [5.41, 5.74) is 2.12. The summed E-state index contributed by atoms with van der Waals surface area (Å²) in [5.74, 6) is 0. The molecular formula is C32H40FeP2. The first kappa shape index (κ1) is 29.7. The maximum absolute atomic E-state index is 2.48. The molecule has 0 radical (unpaired) electrons. The fourth-order valence-corrected chi connectivity index (χ4v) is 12.7. The molecule has 0 N–H and O–H groups in total. The molecular weight excluding hydrogens is 502 g/mol. The number of hydrogen-bond acceptors (Lipinski definition) is 0. The second kappa shape index (κ2) is 13.2. The molecule has 0 nitrogen and oxygen atoms in total. The summed E-state index contributed by atoms with van der Waals surface area (Å²) in [6, 6.07) is 39.2. The summed E-state index contributed by atoms with van der Waals surface area (Å²) in [6.45, 7) is 17.1. The van der Waals surface area contributed by atoms with Gasteiger partial charge in [0.1, 0.15) is 0 Å². The van der Waals surface area contributed by atoms with Gasteiger partial charge in [-0.05, 0) is 34.5 Å². The minimum Gasteiger partial charge on any atom is -0.214 e. The Morgan fingerprint density at radius 1 is 0.657 bits per heavy atom. The van der Waals surface area contributed by atoms with Crippen LogP contribution in [0, 0.1) is 0 Å². The summed E-state index contributed by atoms with van der Waals surface area (Å²) in [4.78, 5) is 0. The van der Waals surface area contributed by atoms with Gasteiger partial charge >= 0.3 is 17.1 Å². The zero-order chi connectivity index (χ0) is 24.8. The van der Waals surface area contributed by atoms with Crippen LogP contribution in [0.2, 0.25) is 0 Å². The molecule has 0 saturated carbocycles. The van der Waals surface area contributed by atoms with Gasteiger partial charge in [0.05, 0.1) is 0 Å². The molecule has 186 valence electrons. The number of hydrogen-bond donors (Lipinski definition) is 0. The molecule has 0 amide bonds. The van der Waals surface area contributed by atoms with E-state index in [4.69, 9.17) is 0 Å². The molecule has 0 aromatic heterocycles. The van der Waals surface area contributed by atoms with Gasteiger partial charge in [-0.3, -0.25) is 0 Å². The molecule has 0 heterocycles. The van der Waals surface area contributed by atoms with E-state index in [1.54, 1.807) is 5.56 Å². The second-order valence-electron chi connectivity index (χ2n) is 10.7. The van der Waals surface area contributed by atoms with Crippen molar-refractivity contribution in [3.8, 4) is 0 Å². The Labute approximate surface area is 227 Å². The largest absolute Gasteiger partial charge is 2.00 e. The Kier molecular flexibility index (Phi) is 11.2. The van der Waals surface area contributed by atoms with E-state index in [9.17, 15) is 0 Å². The van der Waals surface area contributed by atoms with Gasteiger partial charge in [0.2, 0.25) is 0 Å². The normalized spacial score (nSPS) is 12.6. The van der Waals surface area contributed by atoms with Crippen LogP contribution in [0.5, 0.6) is 0 Å². The Hall–Kier alpha value is -1.48. The zero-order valence-corrected chi connectivity index (χ0v) is 25.1. The standard InChI is InChI=1S/C27H35P2.C5H5.Fe/c1-21(29(26(2,3)4)27(5,6)7)24-19-14-20-25(24)28(22-15-10-8-11-16-22)23-17-12-9-13-18-23;1-2-4-5-3-1;/h8-21H,1-7H3;1-5H;/q2*-1;+2. The Morgan fingerprint density at radius 3 is 1.49 bits per heavy atom. The molecule has 0 fully saturated rings. The fraction of sp³-hybridized carbons (Fsp3) is 0.312. The van der Waals surface area contributed by atoms with Crippen LogP contribution in [0.3, 0.4) is 0 Å². The first-order valence-corrected chi connectivity index (χ1v) is 15.0. The first-order valence-electron chi connectivity index (χ1n) is 12.2. The molecule has 0 bridgehead atoms. The van der Waals surface area contributed by atoms with Crippen LogP contribution in [0.15, 0.2) is 109 Å². The molecule has 4 aromatic rings. The quantitative estimate of drug-likeness (QED) is 0.134. The van der Waals surface area contributed by atoms with Gasteiger partial charge in [-0.1, -0.05) is 109 Å². The molecule has 4 rings (SSSR count). The Balaban J connectivity index is 0.000000640. The minimum absolute atomic E-state index is 0. The van der Waals surface area contributed by atoms with E-state index in [2.05, 4.69) is 127 Å². The average molecular weight is 542 g/mol. The Bertz CT molecular complexity index is 1010. The van der Waals surface area contributed by atoms with Crippen LogP contribution >= 0.6 is 15.8 Å². The third-order valence-corrected chi connectivity index (χ3v) is 12.4. The van der Waals surface area contributed by atoms with Crippen LogP contribution in [0.1, 0.15) is 59.7 Å². The first-order chi connectivity index (χ1) is 16.1. The van der Waals surface area contributed by atoms with Crippen LogP contribution in [0.25, 0.3) is 0 Å². The predicted octanol–water partition coefficient (Wildman–Crippen LogP) is 8.71. The van der Waals surface area contributed by atoms with Crippen molar-refractivity contribution in [2.24, 2.45) is 0 Å². The average Bonchev–Trinajstić information content (AvgIpc) is 3.49. The van der Waals surface area contributed by atoms with Gasteiger partial charge in [-0.25, -0.2) is 24.3 Å². The van der Waals surface area contributed by atoms with Crippen molar-refractivity contribution in [1.29, 1.82) is 0 Å². The van der Waals surface area contributed by atoms with E-state index in [1.165, 1.54) is 15.9 Å². The van der Waals surface area contributed by atoms with E-state index < -0.39 is 7.92 Å². The summed E-state index contributed by atoms with van der Waals surface area (Å²) in [6.07, 6.45) is 0. The Morgan fingerprint density at radius 2 is 1.11 bits per heavy atom. The number of rotatable bonds is 5. The molecule has 1 atom stereocenters. The van der Waals surface area contributed by atoms with Gasteiger partial charge < -0.3 is 0 Å². The molecule has 0 spiro atoms. The number of benzene rings is 2. The molecule has 4 aromatic carbocycles. The van der Waals surface area contributed by atoms with Gasteiger partial charge in [-0.2, -0.15) is 24.3 Å². The van der Waals surface area contributed by atoms with Crippen molar-refractivity contribution in [1.82, 2.24) is 0 Å². The summed E-state index contributed by atoms with van der Waals surface area (Å²) < 4.78 is 0. The van der Waals surface area contributed by atoms with Crippen molar-refractivity contribution in [2.45, 2.75) is 64.4 Å². The van der Waals surface area contributed by atoms with E-state index >= 15 is 0 Å². The van der Waals surface area contributed by atoms with Crippen LogP contribution in [-0.2, 0) is 17.1 Å².